The van der Waals surface area contributed by atoms with Gasteiger partial charge in [-0.3, -0.25) is 4.79 Å². The third-order valence-corrected chi connectivity index (χ3v) is 3.22. The molecule has 0 aliphatic rings. The fourth-order valence-corrected chi connectivity index (χ4v) is 1.92. The quantitative estimate of drug-likeness (QED) is 0.887. The molecule has 0 aromatic heterocycles. The van der Waals surface area contributed by atoms with E-state index in [2.05, 4.69) is 0 Å². The highest BCUT2D eigenvalue weighted by Crippen LogP contribution is 2.33. The standard InChI is InChI=1S/C15H21FO3/c1-9(2)10-6-11(8-15(3,4)14(17)18)13(19-5)12(16)7-10/h6-7,9H,8H2,1-5H3,(H,17,18). The highest BCUT2D eigenvalue weighted by molar-refractivity contribution is 5.74. The molecule has 106 valence electrons. The molecular formula is C15H21FO3. The van der Waals surface area contributed by atoms with Gasteiger partial charge in [0.25, 0.3) is 0 Å². The van der Waals surface area contributed by atoms with Crippen LogP contribution in [0.2, 0.25) is 0 Å². The zero-order valence-electron chi connectivity index (χ0n) is 12.1. The summed E-state index contributed by atoms with van der Waals surface area (Å²) in [5, 5.41) is 9.18. The first kappa shape index (κ1) is 15.5. The van der Waals surface area contributed by atoms with Gasteiger partial charge in [0, 0.05) is 0 Å². The maximum absolute atomic E-state index is 14.0. The van der Waals surface area contributed by atoms with Crippen LogP contribution in [0.3, 0.4) is 0 Å². The van der Waals surface area contributed by atoms with Crippen LogP contribution in [0, 0.1) is 11.2 Å². The molecule has 1 N–H and O–H groups in total. The van der Waals surface area contributed by atoms with Gasteiger partial charge in [-0.25, -0.2) is 4.39 Å². The molecule has 0 fully saturated rings. The predicted molar refractivity (Wildman–Crippen MR) is 72.2 cm³/mol. The minimum atomic E-state index is -0.963. The van der Waals surface area contributed by atoms with E-state index in [0.29, 0.717) is 5.56 Å². The maximum Gasteiger partial charge on any atom is 0.309 e. The summed E-state index contributed by atoms with van der Waals surface area (Å²) < 4.78 is 19.0. The lowest BCUT2D eigenvalue weighted by Crippen LogP contribution is -2.26. The normalized spacial score (nSPS) is 11.7. The monoisotopic (exact) mass is 268 g/mol. The number of halogens is 1. The molecule has 0 saturated heterocycles. The minimum absolute atomic E-state index is 0.138. The zero-order chi connectivity index (χ0) is 14.8. The zero-order valence-corrected chi connectivity index (χ0v) is 12.1. The molecule has 4 heteroatoms. The molecule has 0 bridgehead atoms. The van der Waals surface area contributed by atoms with Crippen molar-refractivity contribution >= 4 is 5.97 Å². The van der Waals surface area contributed by atoms with Gasteiger partial charge < -0.3 is 9.84 Å². The van der Waals surface area contributed by atoms with Crippen LogP contribution in [0.5, 0.6) is 5.75 Å². The molecule has 1 rings (SSSR count). The molecule has 0 atom stereocenters. The van der Waals surface area contributed by atoms with Crippen LogP contribution in [0.1, 0.15) is 44.7 Å². The third-order valence-electron chi connectivity index (χ3n) is 3.22. The molecule has 0 amide bonds. The highest BCUT2D eigenvalue weighted by atomic mass is 19.1. The van der Waals surface area contributed by atoms with E-state index in [-0.39, 0.29) is 18.1 Å². The Labute approximate surface area is 113 Å². The number of benzene rings is 1. The summed E-state index contributed by atoms with van der Waals surface area (Å²) in [6.45, 7) is 7.17. The predicted octanol–water partition coefficient (Wildman–Crippen LogP) is 3.61. The molecule has 1 aromatic rings. The largest absolute Gasteiger partial charge is 0.493 e. The Morgan fingerprint density at radius 2 is 2.00 bits per heavy atom. The molecule has 3 nitrogen and oxygen atoms in total. The number of aliphatic carboxylic acids is 1. The van der Waals surface area contributed by atoms with Gasteiger partial charge in [-0.2, -0.15) is 0 Å². The number of hydrogen-bond acceptors (Lipinski definition) is 2. The van der Waals surface area contributed by atoms with E-state index in [9.17, 15) is 14.3 Å². The summed E-state index contributed by atoms with van der Waals surface area (Å²) in [6, 6.07) is 3.28. The van der Waals surface area contributed by atoms with Crippen molar-refractivity contribution in [3.8, 4) is 5.75 Å². The van der Waals surface area contributed by atoms with Crippen LogP contribution in [0.4, 0.5) is 4.39 Å². The Hall–Kier alpha value is -1.58. The molecule has 0 saturated carbocycles. The van der Waals surface area contributed by atoms with Crippen LogP contribution in [0.25, 0.3) is 0 Å². The van der Waals surface area contributed by atoms with E-state index in [1.54, 1.807) is 13.8 Å². The van der Waals surface area contributed by atoms with Crippen LogP contribution in [-0.4, -0.2) is 18.2 Å². The highest BCUT2D eigenvalue weighted by Gasteiger charge is 2.29. The van der Waals surface area contributed by atoms with Crippen molar-refractivity contribution in [1.29, 1.82) is 0 Å². The molecule has 0 radical (unpaired) electrons. The summed E-state index contributed by atoms with van der Waals surface area (Å²) in [7, 11) is 1.39. The molecule has 0 aliphatic heterocycles. The van der Waals surface area contributed by atoms with Crippen molar-refractivity contribution < 1.29 is 19.0 Å². The second-order valence-electron chi connectivity index (χ2n) is 5.72. The van der Waals surface area contributed by atoms with Crippen molar-refractivity contribution in [2.75, 3.05) is 7.11 Å². The number of carboxylic acids is 1. The second-order valence-corrected chi connectivity index (χ2v) is 5.72. The van der Waals surface area contributed by atoms with Gasteiger partial charge in [0.2, 0.25) is 0 Å². The Morgan fingerprint density at radius 3 is 2.42 bits per heavy atom. The fraction of sp³-hybridized carbons (Fsp3) is 0.533. The van der Waals surface area contributed by atoms with Crippen molar-refractivity contribution in [3.05, 3.63) is 29.1 Å². The van der Waals surface area contributed by atoms with E-state index in [1.807, 2.05) is 19.9 Å². The Kier molecular flexibility index (Phi) is 4.56. The number of rotatable bonds is 5. The fourth-order valence-electron chi connectivity index (χ4n) is 1.92. The Bertz CT molecular complexity index is 479. The van der Waals surface area contributed by atoms with Crippen LogP contribution < -0.4 is 4.74 Å². The number of hydrogen-bond donors (Lipinski definition) is 1. The summed E-state index contributed by atoms with van der Waals surface area (Å²) in [5.74, 6) is -1.04. The van der Waals surface area contributed by atoms with E-state index in [4.69, 9.17) is 4.74 Å². The van der Waals surface area contributed by atoms with Crippen molar-refractivity contribution in [3.63, 3.8) is 0 Å². The van der Waals surface area contributed by atoms with Crippen molar-refractivity contribution in [2.24, 2.45) is 5.41 Å². The Morgan fingerprint density at radius 1 is 1.42 bits per heavy atom. The van der Waals surface area contributed by atoms with E-state index in [0.717, 1.165) is 5.56 Å². The first-order valence-corrected chi connectivity index (χ1v) is 6.28. The van der Waals surface area contributed by atoms with E-state index >= 15 is 0 Å². The smallest absolute Gasteiger partial charge is 0.309 e. The lowest BCUT2D eigenvalue weighted by molar-refractivity contribution is -0.146. The third kappa shape index (κ3) is 3.46. The SMILES string of the molecule is COc1c(F)cc(C(C)C)cc1CC(C)(C)C(=O)O. The van der Waals surface area contributed by atoms with Gasteiger partial charge in [-0.05, 0) is 43.4 Å². The molecule has 0 aliphatic carbocycles. The first-order valence-electron chi connectivity index (χ1n) is 6.28. The van der Waals surface area contributed by atoms with Crippen LogP contribution in [-0.2, 0) is 11.2 Å². The minimum Gasteiger partial charge on any atom is -0.493 e. The van der Waals surface area contributed by atoms with Crippen LogP contribution >= 0.6 is 0 Å². The van der Waals surface area contributed by atoms with Gasteiger partial charge in [0.05, 0.1) is 12.5 Å². The Balaban J connectivity index is 3.28. The molecule has 0 heterocycles. The van der Waals surface area contributed by atoms with Crippen molar-refractivity contribution in [1.82, 2.24) is 0 Å². The molecule has 0 spiro atoms. The van der Waals surface area contributed by atoms with Gasteiger partial charge in [-0.15, -0.1) is 0 Å². The number of carboxylic acid groups (broad SMARTS) is 1. The van der Waals surface area contributed by atoms with Crippen molar-refractivity contribution in [2.45, 2.75) is 40.0 Å². The topological polar surface area (TPSA) is 46.5 Å². The lowest BCUT2D eigenvalue weighted by Gasteiger charge is -2.22. The van der Waals surface area contributed by atoms with Gasteiger partial charge >= 0.3 is 5.97 Å². The van der Waals surface area contributed by atoms with Gasteiger partial charge in [-0.1, -0.05) is 19.9 Å². The summed E-state index contributed by atoms with van der Waals surface area (Å²) in [6.07, 6.45) is 0.225. The molecule has 1 aromatic carbocycles. The molecular weight excluding hydrogens is 247 g/mol. The summed E-state index contributed by atoms with van der Waals surface area (Å²) in [5.41, 5.74) is 0.475. The van der Waals surface area contributed by atoms with E-state index < -0.39 is 17.2 Å². The van der Waals surface area contributed by atoms with E-state index in [1.165, 1.54) is 13.2 Å². The second kappa shape index (κ2) is 5.59. The van der Waals surface area contributed by atoms with Gasteiger partial charge in [0.15, 0.2) is 11.6 Å². The average Bonchev–Trinajstić information content (AvgIpc) is 2.27. The molecule has 0 unspecified atom stereocenters. The number of carbonyl (C=O) groups is 1. The summed E-state index contributed by atoms with van der Waals surface area (Å²) in [4.78, 5) is 11.2. The average molecular weight is 268 g/mol. The van der Waals surface area contributed by atoms with Gasteiger partial charge in [0.1, 0.15) is 0 Å². The lowest BCUT2D eigenvalue weighted by atomic mass is 9.84. The summed E-state index contributed by atoms with van der Waals surface area (Å²) >= 11 is 0. The van der Waals surface area contributed by atoms with Crippen LogP contribution in [0.15, 0.2) is 12.1 Å². The first-order chi connectivity index (χ1) is 8.69. The maximum atomic E-state index is 14.0. The number of ether oxygens (including phenoxy) is 1. The number of methoxy groups -OCH3 is 1. The molecule has 19 heavy (non-hydrogen) atoms.